The van der Waals surface area contributed by atoms with Gasteiger partial charge in [0, 0.05) is 36.9 Å². The minimum atomic E-state index is -4.57. The van der Waals surface area contributed by atoms with Crippen LogP contribution in [-0.4, -0.2) is 46.3 Å². The normalized spacial score (nSPS) is 15.6. The van der Waals surface area contributed by atoms with Crippen LogP contribution in [0, 0.1) is 6.92 Å². The van der Waals surface area contributed by atoms with Crippen molar-refractivity contribution in [3.63, 3.8) is 0 Å². The molecule has 0 aliphatic carbocycles. The van der Waals surface area contributed by atoms with Crippen LogP contribution in [0.5, 0.6) is 0 Å². The van der Waals surface area contributed by atoms with E-state index in [9.17, 15) is 13.2 Å². The second kappa shape index (κ2) is 6.56. The van der Waals surface area contributed by atoms with Gasteiger partial charge in [0.2, 0.25) is 0 Å². The van der Waals surface area contributed by atoms with E-state index in [-0.39, 0.29) is 16.9 Å². The number of aryl methyl sites for hydroxylation is 1. The van der Waals surface area contributed by atoms with Crippen LogP contribution in [0.25, 0.3) is 11.0 Å². The lowest BCUT2D eigenvalue weighted by atomic mass is 10.1. The molecule has 1 aliphatic rings. The van der Waals surface area contributed by atoms with Gasteiger partial charge >= 0.3 is 6.18 Å². The largest absolute Gasteiger partial charge is 0.435 e. The number of benzene rings is 1. The zero-order valence-corrected chi connectivity index (χ0v) is 15.1. The first-order valence-electron chi connectivity index (χ1n) is 8.37. The van der Waals surface area contributed by atoms with Gasteiger partial charge in [-0.05, 0) is 24.6 Å². The number of H-pyrrole nitrogens is 1. The molecule has 27 heavy (non-hydrogen) atoms. The fourth-order valence-electron chi connectivity index (χ4n) is 3.37. The lowest BCUT2D eigenvalue weighted by molar-refractivity contribution is -0.139. The van der Waals surface area contributed by atoms with Gasteiger partial charge in [0.25, 0.3) is 0 Å². The molecule has 6 nitrogen and oxygen atoms in total. The van der Waals surface area contributed by atoms with E-state index < -0.39 is 11.9 Å². The third kappa shape index (κ3) is 3.27. The van der Waals surface area contributed by atoms with Crippen molar-refractivity contribution in [3.05, 3.63) is 40.8 Å². The maximum absolute atomic E-state index is 13.3. The quantitative estimate of drug-likeness (QED) is 0.716. The number of rotatable bonds is 2. The monoisotopic (exact) mass is 396 g/mol. The molecule has 0 bridgehead atoms. The Labute approximate surface area is 158 Å². The highest BCUT2D eigenvalue weighted by Crippen LogP contribution is 2.36. The SMILES string of the molecule is Cc1ccc(Cl)cc1N1CCN(c2ncnc3[nH]nc(C(F)(F)F)c23)CC1. The molecule has 1 aromatic carbocycles. The number of hydrogen-bond acceptors (Lipinski definition) is 5. The van der Waals surface area contributed by atoms with Gasteiger partial charge in [-0.1, -0.05) is 17.7 Å². The molecule has 142 valence electrons. The Morgan fingerprint density at radius 3 is 2.48 bits per heavy atom. The lowest BCUT2D eigenvalue weighted by Crippen LogP contribution is -2.47. The Morgan fingerprint density at radius 1 is 1.07 bits per heavy atom. The summed E-state index contributed by atoms with van der Waals surface area (Å²) in [5.41, 5.74) is 1.24. The number of fused-ring (bicyclic) bond motifs is 1. The second-order valence-corrected chi connectivity index (χ2v) is 6.83. The molecule has 3 heterocycles. The van der Waals surface area contributed by atoms with Crippen molar-refractivity contribution in [2.24, 2.45) is 0 Å². The summed E-state index contributed by atoms with van der Waals surface area (Å²) in [5.74, 6) is 0.253. The highest BCUT2D eigenvalue weighted by molar-refractivity contribution is 6.30. The van der Waals surface area contributed by atoms with Gasteiger partial charge in [-0.15, -0.1) is 0 Å². The summed E-state index contributed by atoms with van der Waals surface area (Å²) >= 11 is 6.10. The fraction of sp³-hybridized carbons (Fsp3) is 0.353. The molecule has 1 aliphatic heterocycles. The minimum Gasteiger partial charge on any atom is -0.368 e. The number of hydrogen-bond donors (Lipinski definition) is 1. The van der Waals surface area contributed by atoms with E-state index in [1.165, 1.54) is 6.33 Å². The molecule has 1 N–H and O–H groups in total. The van der Waals surface area contributed by atoms with Gasteiger partial charge < -0.3 is 9.80 Å². The molecule has 3 aromatic rings. The molecule has 0 spiro atoms. The van der Waals surface area contributed by atoms with E-state index >= 15 is 0 Å². The number of anilines is 2. The lowest BCUT2D eigenvalue weighted by Gasteiger charge is -2.37. The fourth-order valence-corrected chi connectivity index (χ4v) is 3.54. The highest BCUT2D eigenvalue weighted by atomic mass is 35.5. The molecule has 1 fully saturated rings. The average molecular weight is 397 g/mol. The third-order valence-electron chi connectivity index (χ3n) is 4.70. The Bertz CT molecular complexity index is 978. The molecule has 10 heteroatoms. The van der Waals surface area contributed by atoms with Crippen LogP contribution in [-0.2, 0) is 6.18 Å². The van der Waals surface area contributed by atoms with Crippen LogP contribution in [0.1, 0.15) is 11.3 Å². The molecule has 0 radical (unpaired) electrons. The van der Waals surface area contributed by atoms with Gasteiger partial charge in [0.05, 0.1) is 5.39 Å². The molecule has 0 amide bonds. The number of alkyl halides is 3. The van der Waals surface area contributed by atoms with Crippen LogP contribution in [0.4, 0.5) is 24.7 Å². The first-order chi connectivity index (χ1) is 12.8. The zero-order chi connectivity index (χ0) is 19.2. The maximum atomic E-state index is 13.3. The molecule has 0 unspecified atom stereocenters. The predicted molar refractivity (Wildman–Crippen MR) is 97.3 cm³/mol. The molecular formula is C17H16ClF3N6. The van der Waals surface area contributed by atoms with Gasteiger partial charge in [-0.25, -0.2) is 9.97 Å². The molecule has 0 atom stereocenters. The zero-order valence-electron chi connectivity index (χ0n) is 14.4. The Morgan fingerprint density at radius 2 is 1.78 bits per heavy atom. The van der Waals surface area contributed by atoms with E-state index in [0.29, 0.717) is 31.2 Å². The Hall–Kier alpha value is -2.55. The van der Waals surface area contributed by atoms with Crippen molar-refractivity contribution in [3.8, 4) is 0 Å². The summed E-state index contributed by atoms with van der Waals surface area (Å²) in [6.07, 6.45) is -3.32. The summed E-state index contributed by atoms with van der Waals surface area (Å²) in [4.78, 5) is 12.0. The van der Waals surface area contributed by atoms with Crippen LogP contribution >= 0.6 is 11.6 Å². The number of piperazine rings is 1. The van der Waals surface area contributed by atoms with E-state index in [1.54, 1.807) is 0 Å². The van der Waals surface area contributed by atoms with Gasteiger partial charge in [-0.2, -0.15) is 18.3 Å². The second-order valence-electron chi connectivity index (χ2n) is 6.40. The topological polar surface area (TPSA) is 60.9 Å². The van der Waals surface area contributed by atoms with Crippen molar-refractivity contribution in [2.45, 2.75) is 13.1 Å². The van der Waals surface area contributed by atoms with Crippen molar-refractivity contribution in [1.29, 1.82) is 0 Å². The summed E-state index contributed by atoms with van der Waals surface area (Å²) in [5, 5.41) is 6.32. The van der Waals surface area contributed by atoms with Crippen LogP contribution in [0.3, 0.4) is 0 Å². The van der Waals surface area contributed by atoms with Gasteiger partial charge in [0.1, 0.15) is 12.1 Å². The van der Waals surface area contributed by atoms with E-state index in [1.807, 2.05) is 30.0 Å². The average Bonchev–Trinajstić information content (AvgIpc) is 3.08. The summed E-state index contributed by atoms with van der Waals surface area (Å²) in [6.45, 7) is 4.35. The third-order valence-corrected chi connectivity index (χ3v) is 4.93. The number of aromatic nitrogens is 4. The minimum absolute atomic E-state index is 0.0837. The van der Waals surface area contributed by atoms with E-state index in [2.05, 4.69) is 25.1 Å². The first kappa shape index (κ1) is 17.8. The smallest absolute Gasteiger partial charge is 0.368 e. The van der Waals surface area contributed by atoms with E-state index in [4.69, 9.17) is 11.6 Å². The van der Waals surface area contributed by atoms with Crippen LogP contribution in [0.15, 0.2) is 24.5 Å². The number of nitrogens with zero attached hydrogens (tertiary/aromatic N) is 5. The van der Waals surface area contributed by atoms with E-state index in [0.717, 1.165) is 11.3 Å². The molecule has 0 saturated carbocycles. The van der Waals surface area contributed by atoms with Crippen molar-refractivity contribution < 1.29 is 13.2 Å². The Balaban J connectivity index is 1.62. The summed E-state index contributed by atoms with van der Waals surface area (Å²) < 4.78 is 39.9. The van der Waals surface area contributed by atoms with Crippen LogP contribution in [0.2, 0.25) is 5.02 Å². The van der Waals surface area contributed by atoms with Crippen molar-refractivity contribution in [2.75, 3.05) is 36.0 Å². The number of nitrogens with one attached hydrogen (secondary N) is 1. The standard InChI is InChI=1S/C17H16ClF3N6/c1-10-2-3-11(18)8-12(10)26-4-6-27(7-5-26)16-13-14(17(19,20)21)24-25-15(13)22-9-23-16/h2-3,8-9H,4-7H2,1H3,(H,22,23,24,25). The molecule has 4 rings (SSSR count). The Kier molecular flexibility index (Phi) is 4.33. The summed E-state index contributed by atoms with van der Waals surface area (Å²) in [6, 6.07) is 5.71. The van der Waals surface area contributed by atoms with Crippen molar-refractivity contribution in [1.82, 2.24) is 20.2 Å². The number of halogens is 4. The molecular weight excluding hydrogens is 381 g/mol. The van der Waals surface area contributed by atoms with Gasteiger partial charge in [0.15, 0.2) is 11.3 Å². The molecule has 1 saturated heterocycles. The summed E-state index contributed by atoms with van der Waals surface area (Å²) in [7, 11) is 0. The van der Waals surface area contributed by atoms with Gasteiger partial charge in [-0.3, -0.25) is 5.10 Å². The number of aromatic amines is 1. The van der Waals surface area contributed by atoms with Crippen molar-refractivity contribution >= 4 is 34.1 Å². The van der Waals surface area contributed by atoms with Crippen LogP contribution < -0.4 is 9.80 Å². The maximum Gasteiger partial charge on any atom is 0.435 e. The molecule has 2 aromatic heterocycles. The highest BCUT2D eigenvalue weighted by Gasteiger charge is 2.38. The first-order valence-corrected chi connectivity index (χ1v) is 8.74. The predicted octanol–water partition coefficient (Wildman–Crippen LogP) is 3.66.